The molecule has 7 heteroatoms. The number of rotatable bonds is 6. The van der Waals surface area contributed by atoms with Gasteiger partial charge in [-0.3, -0.25) is 0 Å². The molecular formula is C15H26N2O3S2. The Morgan fingerprint density at radius 2 is 1.95 bits per heavy atom. The molecule has 5 nitrogen and oxygen atoms in total. The van der Waals surface area contributed by atoms with Crippen LogP contribution in [0.25, 0.3) is 0 Å². The van der Waals surface area contributed by atoms with Gasteiger partial charge in [-0.05, 0) is 30.2 Å². The van der Waals surface area contributed by atoms with E-state index in [9.17, 15) is 13.2 Å². The van der Waals surface area contributed by atoms with Crippen LogP contribution in [0, 0.1) is 5.41 Å². The fraction of sp³-hybridized carbons (Fsp3) is 0.667. The van der Waals surface area contributed by atoms with Crippen molar-refractivity contribution in [3.8, 4) is 0 Å². The number of carbonyl (C=O) groups is 1. The Balaban J connectivity index is 2.61. The zero-order valence-corrected chi connectivity index (χ0v) is 15.5. The lowest BCUT2D eigenvalue weighted by molar-refractivity contribution is 0.216. The molecule has 0 aliphatic rings. The van der Waals surface area contributed by atoms with Crippen LogP contribution in [-0.4, -0.2) is 32.5 Å². The molecule has 0 radical (unpaired) electrons. The molecule has 2 amide bonds. The maximum Gasteiger partial charge on any atom is 0.315 e. The molecule has 0 fully saturated rings. The lowest BCUT2D eigenvalue weighted by Gasteiger charge is -2.31. The van der Waals surface area contributed by atoms with Crippen LogP contribution < -0.4 is 10.6 Å². The van der Waals surface area contributed by atoms with Gasteiger partial charge in [0.15, 0.2) is 0 Å². The summed E-state index contributed by atoms with van der Waals surface area (Å²) in [5.41, 5.74) is -0.113. The second-order valence-corrected chi connectivity index (χ2v) is 9.99. The fourth-order valence-corrected chi connectivity index (χ4v) is 3.83. The predicted octanol–water partition coefficient (Wildman–Crippen LogP) is 2.96. The van der Waals surface area contributed by atoms with Crippen molar-refractivity contribution >= 4 is 27.2 Å². The fourth-order valence-electron chi connectivity index (χ4n) is 2.03. The van der Waals surface area contributed by atoms with Crippen LogP contribution in [0.3, 0.4) is 0 Å². The number of hydrogen-bond donors (Lipinski definition) is 2. The number of urea groups is 1. The van der Waals surface area contributed by atoms with Crippen molar-refractivity contribution in [2.45, 2.75) is 46.2 Å². The Labute approximate surface area is 137 Å². The molecule has 0 aliphatic heterocycles. The smallest absolute Gasteiger partial charge is 0.315 e. The van der Waals surface area contributed by atoms with E-state index >= 15 is 0 Å². The molecule has 0 unspecified atom stereocenters. The van der Waals surface area contributed by atoms with Gasteiger partial charge in [-0.2, -0.15) is 0 Å². The first-order chi connectivity index (χ1) is 9.99. The first-order valence-electron chi connectivity index (χ1n) is 7.27. The molecular weight excluding hydrogens is 320 g/mol. The predicted molar refractivity (Wildman–Crippen MR) is 92.0 cm³/mol. The van der Waals surface area contributed by atoms with Crippen LogP contribution in [0.1, 0.15) is 45.0 Å². The highest BCUT2D eigenvalue weighted by molar-refractivity contribution is 7.90. The van der Waals surface area contributed by atoms with Gasteiger partial charge in [0.05, 0.1) is 11.8 Å². The van der Waals surface area contributed by atoms with Gasteiger partial charge >= 0.3 is 6.03 Å². The summed E-state index contributed by atoms with van der Waals surface area (Å²) in [5, 5.41) is 7.79. The van der Waals surface area contributed by atoms with Crippen molar-refractivity contribution in [1.82, 2.24) is 10.6 Å². The first kappa shape index (κ1) is 19.0. The van der Waals surface area contributed by atoms with Crippen molar-refractivity contribution in [2.75, 3.05) is 12.0 Å². The molecule has 0 spiro atoms. The average Bonchev–Trinajstić information content (AvgIpc) is 2.84. The van der Waals surface area contributed by atoms with Crippen molar-refractivity contribution in [1.29, 1.82) is 0 Å². The van der Waals surface area contributed by atoms with E-state index in [0.717, 1.165) is 4.88 Å². The monoisotopic (exact) mass is 346 g/mol. The van der Waals surface area contributed by atoms with Crippen molar-refractivity contribution in [3.63, 3.8) is 0 Å². The minimum Gasteiger partial charge on any atom is -0.336 e. The number of carbonyl (C=O) groups excluding carboxylic acids is 1. The van der Waals surface area contributed by atoms with Gasteiger partial charge < -0.3 is 10.6 Å². The summed E-state index contributed by atoms with van der Waals surface area (Å²) in [7, 11) is -3.01. The molecule has 0 saturated carbocycles. The van der Waals surface area contributed by atoms with Gasteiger partial charge in [-0.1, -0.05) is 26.8 Å². The lowest BCUT2D eigenvalue weighted by Crippen LogP contribution is -2.45. The van der Waals surface area contributed by atoms with E-state index in [1.165, 1.54) is 6.26 Å². The van der Waals surface area contributed by atoms with E-state index in [1.807, 2.05) is 24.4 Å². The number of hydrogen-bond acceptors (Lipinski definition) is 4. The highest BCUT2D eigenvalue weighted by atomic mass is 32.2. The third-order valence-corrected chi connectivity index (χ3v) is 5.18. The summed E-state index contributed by atoms with van der Waals surface area (Å²) in [4.78, 5) is 13.3. The second-order valence-electron chi connectivity index (χ2n) is 6.75. The molecule has 0 aromatic carbocycles. The number of amides is 2. The topological polar surface area (TPSA) is 75.3 Å². The molecule has 1 aromatic rings. The molecule has 1 aromatic heterocycles. The Morgan fingerprint density at radius 1 is 1.32 bits per heavy atom. The molecule has 0 bridgehead atoms. The highest BCUT2D eigenvalue weighted by Gasteiger charge is 2.28. The number of nitrogens with one attached hydrogen (secondary N) is 2. The van der Waals surface area contributed by atoms with E-state index in [4.69, 9.17) is 0 Å². The molecule has 0 saturated heterocycles. The Bertz CT molecular complexity index is 574. The SMILES string of the molecule is C[C@H](CCS(C)(=O)=O)NC(=O)N[C@@H](c1cccs1)C(C)(C)C. The Hall–Kier alpha value is -1.08. The Kier molecular flexibility index (Phi) is 6.43. The van der Waals surface area contributed by atoms with Crippen molar-refractivity contribution in [2.24, 2.45) is 5.41 Å². The van der Waals surface area contributed by atoms with Gasteiger partial charge in [-0.15, -0.1) is 11.3 Å². The van der Waals surface area contributed by atoms with Gasteiger partial charge in [0.2, 0.25) is 0 Å². The van der Waals surface area contributed by atoms with E-state index in [-0.39, 0.29) is 29.3 Å². The van der Waals surface area contributed by atoms with Crippen LogP contribution in [-0.2, 0) is 9.84 Å². The van der Waals surface area contributed by atoms with Gasteiger partial charge in [0.25, 0.3) is 0 Å². The zero-order valence-electron chi connectivity index (χ0n) is 13.8. The van der Waals surface area contributed by atoms with Crippen LogP contribution in [0.2, 0.25) is 0 Å². The van der Waals surface area contributed by atoms with E-state index in [1.54, 1.807) is 11.3 Å². The summed E-state index contributed by atoms with van der Waals surface area (Å²) in [6.07, 6.45) is 1.61. The van der Waals surface area contributed by atoms with Crippen LogP contribution in [0.15, 0.2) is 17.5 Å². The number of sulfone groups is 1. The molecule has 126 valence electrons. The molecule has 1 rings (SSSR count). The van der Waals surface area contributed by atoms with Crippen molar-refractivity contribution < 1.29 is 13.2 Å². The van der Waals surface area contributed by atoms with Gasteiger partial charge in [-0.25, -0.2) is 13.2 Å². The summed E-state index contributed by atoms with van der Waals surface area (Å²) in [5.74, 6) is 0.0715. The van der Waals surface area contributed by atoms with Gasteiger partial charge in [0, 0.05) is 17.2 Å². The average molecular weight is 347 g/mol. The Morgan fingerprint density at radius 3 is 2.41 bits per heavy atom. The second kappa shape index (κ2) is 7.46. The van der Waals surface area contributed by atoms with Crippen LogP contribution in [0.5, 0.6) is 0 Å². The lowest BCUT2D eigenvalue weighted by atomic mass is 9.86. The molecule has 0 aliphatic carbocycles. The minimum absolute atomic E-state index is 0.0715. The molecule has 22 heavy (non-hydrogen) atoms. The molecule has 2 N–H and O–H groups in total. The van der Waals surface area contributed by atoms with E-state index in [2.05, 4.69) is 31.4 Å². The highest BCUT2D eigenvalue weighted by Crippen LogP contribution is 2.34. The number of thiophene rings is 1. The van der Waals surface area contributed by atoms with E-state index < -0.39 is 9.84 Å². The maximum absolute atomic E-state index is 12.2. The summed E-state index contributed by atoms with van der Waals surface area (Å²) in [6, 6.07) is 3.42. The van der Waals surface area contributed by atoms with Crippen molar-refractivity contribution in [3.05, 3.63) is 22.4 Å². The summed E-state index contributed by atoms with van der Waals surface area (Å²) in [6.45, 7) is 8.03. The first-order valence-corrected chi connectivity index (χ1v) is 10.2. The zero-order chi connectivity index (χ0) is 17.0. The minimum atomic E-state index is -3.01. The summed E-state index contributed by atoms with van der Waals surface area (Å²) < 4.78 is 22.3. The third kappa shape index (κ3) is 6.79. The van der Waals surface area contributed by atoms with Crippen LogP contribution >= 0.6 is 11.3 Å². The third-order valence-electron chi connectivity index (χ3n) is 3.27. The van der Waals surface area contributed by atoms with Crippen LogP contribution in [0.4, 0.5) is 4.79 Å². The molecule has 2 atom stereocenters. The quantitative estimate of drug-likeness (QED) is 0.831. The standard InChI is InChI=1S/C15H26N2O3S2/c1-11(8-10-22(5,19)20)16-14(18)17-13(15(2,3)4)12-7-6-9-21-12/h6-7,9,11,13H,8,10H2,1-5H3,(H2,16,17,18)/t11-,13+/m1/s1. The van der Waals surface area contributed by atoms with Gasteiger partial charge in [0.1, 0.15) is 9.84 Å². The normalized spacial score (nSPS) is 15.1. The van der Waals surface area contributed by atoms with E-state index in [0.29, 0.717) is 6.42 Å². The largest absolute Gasteiger partial charge is 0.336 e. The summed E-state index contributed by atoms with van der Waals surface area (Å²) >= 11 is 1.61. The molecule has 1 heterocycles. The maximum atomic E-state index is 12.2.